The summed E-state index contributed by atoms with van der Waals surface area (Å²) < 4.78 is 5.43. The highest BCUT2D eigenvalue weighted by Gasteiger charge is 2.11. The van der Waals surface area contributed by atoms with Crippen molar-refractivity contribution in [1.82, 2.24) is 15.0 Å². The van der Waals surface area contributed by atoms with Gasteiger partial charge in [-0.2, -0.15) is 15.0 Å². The molecule has 112 valence electrons. The smallest absolute Gasteiger partial charge is 0.322 e. The molecule has 0 unspecified atom stereocenters. The Hall–Kier alpha value is -1.88. The van der Waals surface area contributed by atoms with E-state index in [4.69, 9.17) is 16.3 Å². The number of aryl methyl sites for hydroxylation is 1. The van der Waals surface area contributed by atoms with Crippen LogP contribution in [0.5, 0.6) is 6.01 Å². The van der Waals surface area contributed by atoms with Gasteiger partial charge in [0.1, 0.15) is 0 Å². The molecule has 0 fully saturated rings. The standard InChI is InChI=1S/C15H19ClN4O/c1-4-9-21-15-18-13(16)17-14(19-15)20(3)10-12-8-6-5-7-11(12)2/h5-8H,4,9-10H2,1-3H3. The zero-order valence-electron chi connectivity index (χ0n) is 12.5. The van der Waals surface area contributed by atoms with Gasteiger partial charge >= 0.3 is 6.01 Å². The van der Waals surface area contributed by atoms with E-state index in [0.29, 0.717) is 19.1 Å². The van der Waals surface area contributed by atoms with Crippen LogP contribution in [0, 0.1) is 6.92 Å². The van der Waals surface area contributed by atoms with Gasteiger partial charge in [-0.25, -0.2) is 0 Å². The van der Waals surface area contributed by atoms with Gasteiger partial charge in [-0.05, 0) is 36.1 Å². The molecule has 0 spiro atoms. The molecule has 6 heteroatoms. The molecular weight excluding hydrogens is 288 g/mol. The lowest BCUT2D eigenvalue weighted by Crippen LogP contribution is -2.20. The first-order valence-electron chi connectivity index (χ1n) is 6.90. The molecule has 0 N–H and O–H groups in total. The fourth-order valence-electron chi connectivity index (χ4n) is 1.86. The van der Waals surface area contributed by atoms with Gasteiger partial charge in [0.05, 0.1) is 6.61 Å². The second kappa shape index (κ2) is 7.22. The van der Waals surface area contributed by atoms with Gasteiger partial charge in [0.25, 0.3) is 0 Å². The monoisotopic (exact) mass is 306 g/mol. The fraction of sp³-hybridized carbons (Fsp3) is 0.400. The van der Waals surface area contributed by atoms with Crippen LogP contribution >= 0.6 is 11.6 Å². The topological polar surface area (TPSA) is 51.1 Å². The van der Waals surface area contributed by atoms with Crippen LogP contribution in [0.3, 0.4) is 0 Å². The Morgan fingerprint density at radius 1 is 1.19 bits per heavy atom. The van der Waals surface area contributed by atoms with Crippen molar-refractivity contribution in [3.05, 3.63) is 40.7 Å². The van der Waals surface area contributed by atoms with Gasteiger partial charge in [0, 0.05) is 13.6 Å². The van der Waals surface area contributed by atoms with Crippen molar-refractivity contribution in [2.45, 2.75) is 26.8 Å². The van der Waals surface area contributed by atoms with E-state index in [0.717, 1.165) is 6.42 Å². The number of benzene rings is 1. The third kappa shape index (κ3) is 4.29. The SMILES string of the molecule is CCCOc1nc(Cl)nc(N(C)Cc2ccccc2C)n1. The van der Waals surface area contributed by atoms with Crippen LogP contribution in [0.25, 0.3) is 0 Å². The highest BCUT2D eigenvalue weighted by molar-refractivity contribution is 6.28. The molecule has 1 aromatic carbocycles. The molecule has 21 heavy (non-hydrogen) atoms. The number of rotatable bonds is 6. The van der Waals surface area contributed by atoms with Crippen molar-refractivity contribution in [1.29, 1.82) is 0 Å². The number of anilines is 1. The molecule has 2 rings (SSSR count). The summed E-state index contributed by atoms with van der Waals surface area (Å²) >= 11 is 5.94. The van der Waals surface area contributed by atoms with Crippen LogP contribution in [0.4, 0.5) is 5.95 Å². The molecule has 0 aliphatic carbocycles. The molecule has 1 heterocycles. The average molecular weight is 307 g/mol. The first kappa shape index (κ1) is 15.5. The molecule has 0 saturated heterocycles. The molecule has 0 aliphatic rings. The lowest BCUT2D eigenvalue weighted by atomic mass is 10.1. The number of hydrogen-bond donors (Lipinski definition) is 0. The van der Waals surface area contributed by atoms with Crippen molar-refractivity contribution in [2.24, 2.45) is 0 Å². The Labute approximate surface area is 130 Å². The maximum Gasteiger partial charge on any atom is 0.322 e. The summed E-state index contributed by atoms with van der Waals surface area (Å²) in [6.45, 7) is 5.36. The van der Waals surface area contributed by atoms with E-state index in [1.54, 1.807) is 0 Å². The highest BCUT2D eigenvalue weighted by atomic mass is 35.5. The first-order valence-corrected chi connectivity index (χ1v) is 7.28. The van der Waals surface area contributed by atoms with Crippen LogP contribution in [0.2, 0.25) is 5.28 Å². The van der Waals surface area contributed by atoms with E-state index < -0.39 is 0 Å². The first-order chi connectivity index (χ1) is 10.1. The molecule has 0 amide bonds. The second-order valence-electron chi connectivity index (χ2n) is 4.82. The summed E-state index contributed by atoms with van der Waals surface area (Å²) in [5, 5.41) is 0.141. The van der Waals surface area contributed by atoms with Crippen LogP contribution in [-0.2, 0) is 6.54 Å². The van der Waals surface area contributed by atoms with Crippen LogP contribution in [0.15, 0.2) is 24.3 Å². The van der Waals surface area contributed by atoms with Crippen molar-refractivity contribution in [3.8, 4) is 6.01 Å². The van der Waals surface area contributed by atoms with E-state index in [2.05, 4.69) is 34.0 Å². The quantitative estimate of drug-likeness (QED) is 0.820. The predicted molar refractivity (Wildman–Crippen MR) is 83.9 cm³/mol. The summed E-state index contributed by atoms with van der Waals surface area (Å²) in [7, 11) is 1.92. The Morgan fingerprint density at radius 2 is 1.95 bits per heavy atom. The minimum Gasteiger partial charge on any atom is -0.463 e. The van der Waals surface area contributed by atoms with Crippen LogP contribution in [-0.4, -0.2) is 28.6 Å². The Bertz CT molecular complexity index is 606. The molecular formula is C15H19ClN4O. The van der Waals surface area contributed by atoms with Gasteiger partial charge in [0.2, 0.25) is 11.2 Å². The number of nitrogens with zero attached hydrogens (tertiary/aromatic N) is 4. The summed E-state index contributed by atoms with van der Waals surface area (Å²) in [5.74, 6) is 0.504. The fourth-order valence-corrected chi connectivity index (χ4v) is 2.01. The van der Waals surface area contributed by atoms with E-state index in [-0.39, 0.29) is 11.3 Å². The van der Waals surface area contributed by atoms with Crippen molar-refractivity contribution >= 4 is 17.5 Å². The second-order valence-corrected chi connectivity index (χ2v) is 5.16. The van der Waals surface area contributed by atoms with E-state index in [1.807, 2.05) is 31.0 Å². The largest absolute Gasteiger partial charge is 0.463 e. The summed E-state index contributed by atoms with van der Waals surface area (Å²) in [4.78, 5) is 14.3. The van der Waals surface area contributed by atoms with Crippen LogP contribution < -0.4 is 9.64 Å². The van der Waals surface area contributed by atoms with Crippen molar-refractivity contribution in [3.63, 3.8) is 0 Å². The maximum absolute atomic E-state index is 5.94. The highest BCUT2D eigenvalue weighted by Crippen LogP contribution is 2.17. The van der Waals surface area contributed by atoms with Crippen molar-refractivity contribution in [2.75, 3.05) is 18.6 Å². The average Bonchev–Trinajstić information content (AvgIpc) is 2.47. The third-order valence-electron chi connectivity index (χ3n) is 3.02. The predicted octanol–water partition coefficient (Wildman–Crippen LogP) is 3.26. The van der Waals surface area contributed by atoms with Gasteiger partial charge < -0.3 is 9.64 Å². The van der Waals surface area contributed by atoms with Gasteiger partial charge in [-0.15, -0.1) is 0 Å². The Balaban J connectivity index is 2.16. The molecule has 0 radical (unpaired) electrons. The van der Waals surface area contributed by atoms with E-state index in [1.165, 1.54) is 11.1 Å². The van der Waals surface area contributed by atoms with Crippen LogP contribution in [0.1, 0.15) is 24.5 Å². The van der Waals surface area contributed by atoms with Gasteiger partial charge in [0.15, 0.2) is 0 Å². The molecule has 0 aliphatic heterocycles. The van der Waals surface area contributed by atoms with Gasteiger partial charge in [-0.3, -0.25) is 0 Å². The number of halogens is 1. The molecule has 2 aromatic rings. The zero-order chi connectivity index (χ0) is 15.2. The molecule has 0 saturated carbocycles. The summed E-state index contributed by atoms with van der Waals surface area (Å²) in [6.07, 6.45) is 0.887. The Morgan fingerprint density at radius 3 is 2.67 bits per heavy atom. The van der Waals surface area contributed by atoms with Gasteiger partial charge in [-0.1, -0.05) is 31.2 Å². The van der Waals surface area contributed by atoms with E-state index in [9.17, 15) is 0 Å². The third-order valence-corrected chi connectivity index (χ3v) is 3.19. The molecule has 0 bridgehead atoms. The summed E-state index contributed by atoms with van der Waals surface area (Å²) in [5.41, 5.74) is 2.44. The normalized spacial score (nSPS) is 10.5. The maximum atomic E-state index is 5.94. The number of hydrogen-bond acceptors (Lipinski definition) is 5. The van der Waals surface area contributed by atoms with Crippen molar-refractivity contribution < 1.29 is 4.74 Å². The minimum absolute atomic E-state index is 0.141. The lowest BCUT2D eigenvalue weighted by molar-refractivity contribution is 0.291. The number of ether oxygens (including phenoxy) is 1. The Kier molecular flexibility index (Phi) is 5.33. The molecule has 1 aromatic heterocycles. The molecule has 5 nitrogen and oxygen atoms in total. The number of aromatic nitrogens is 3. The molecule has 0 atom stereocenters. The van der Waals surface area contributed by atoms with E-state index >= 15 is 0 Å². The minimum atomic E-state index is 0.141. The summed E-state index contributed by atoms with van der Waals surface area (Å²) in [6, 6.07) is 8.48. The zero-order valence-corrected chi connectivity index (χ0v) is 13.3. The lowest BCUT2D eigenvalue weighted by Gasteiger charge is -2.18.